The van der Waals surface area contributed by atoms with Crippen LogP contribution in [0.2, 0.25) is 5.02 Å². The first-order valence-corrected chi connectivity index (χ1v) is 7.95. The summed E-state index contributed by atoms with van der Waals surface area (Å²) < 4.78 is 10.7. The molecule has 0 aliphatic heterocycles. The lowest BCUT2D eigenvalue weighted by Gasteiger charge is -2.12. The van der Waals surface area contributed by atoms with Crippen LogP contribution in [0.1, 0.15) is 23.0 Å². The Morgan fingerprint density at radius 3 is 2.68 bits per heavy atom. The number of aryl methyl sites for hydroxylation is 1. The van der Waals surface area contributed by atoms with Crippen molar-refractivity contribution in [2.45, 2.75) is 20.0 Å². The van der Waals surface area contributed by atoms with E-state index in [9.17, 15) is 9.59 Å². The summed E-state index contributed by atoms with van der Waals surface area (Å²) in [5, 5.41) is 3.84. The molecular weight excluding hydrogens is 344 g/mol. The van der Waals surface area contributed by atoms with Crippen LogP contribution in [0.5, 0.6) is 0 Å². The van der Waals surface area contributed by atoms with Crippen molar-refractivity contribution in [2.75, 3.05) is 5.32 Å². The quantitative estimate of drug-likeness (QED) is 0.713. The van der Waals surface area contributed by atoms with Crippen LogP contribution in [-0.2, 0) is 9.53 Å². The second kappa shape index (κ2) is 6.94. The summed E-state index contributed by atoms with van der Waals surface area (Å²) in [4.78, 5) is 28.4. The molecule has 0 aliphatic carbocycles. The van der Waals surface area contributed by atoms with Crippen LogP contribution in [0, 0.1) is 6.92 Å². The van der Waals surface area contributed by atoms with Gasteiger partial charge in [-0.1, -0.05) is 29.8 Å². The number of nitrogens with zero attached hydrogens (tertiary/aromatic N) is 1. The summed E-state index contributed by atoms with van der Waals surface area (Å²) in [6.07, 6.45) is 0.392. The van der Waals surface area contributed by atoms with E-state index >= 15 is 0 Å². The number of fused-ring (bicyclic) bond motifs is 1. The fourth-order valence-corrected chi connectivity index (χ4v) is 2.43. The lowest BCUT2D eigenvalue weighted by Crippen LogP contribution is -2.30. The van der Waals surface area contributed by atoms with Crippen LogP contribution in [0.25, 0.3) is 11.0 Å². The molecule has 2 heterocycles. The van der Waals surface area contributed by atoms with Crippen molar-refractivity contribution in [1.82, 2.24) is 4.98 Å². The second-order valence-electron chi connectivity index (χ2n) is 5.45. The number of carbonyl (C=O) groups is 2. The lowest BCUT2D eigenvalue weighted by atomic mass is 10.1. The molecule has 25 heavy (non-hydrogen) atoms. The Balaban J connectivity index is 1.69. The molecule has 0 spiro atoms. The molecule has 1 aromatic carbocycles. The predicted molar refractivity (Wildman–Crippen MR) is 93.7 cm³/mol. The van der Waals surface area contributed by atoms with Gasteiger partial charge in [0.2, 0.25) is 5.76 Å². The van der Waals surface area contributed by atoms with E-state index in [0.717, 1.165) is 5.39 Å². The van der Waals surface area contributed by atoms with Crippen LogP contribution in [0.15, 0.2) is 47.0 Å². The number of ether oxygens (including phenoxy) is 1. The maximum atomic E-state index is 12.3. The summed E-state index contributed by atoms with van der Waals surface area (Å²) in [5.74, 6) is -0.792. The molecule has 2 aromatic heterocycles. The van der Waals surface area contributed by atoms with Gasteiger partial charge in [0.05, 0.1) is 5.02 Å². The Morgan fingerprint density at radius 2 is 2.00 bits per heavy atom. The number of benzene rings is 1. The maximum absolute atomic E-state index is 12.3. The largest absolute Gasteiger partial charge is 0.449 e. The third-order valence-electron chi connectivity index (χ3n) is 3.66. The summed E-state index contributed by atoms with van der Waals surface area (Å²) in [7, 11) is 0. The molecule has 0 fully saturated rings. The van der Waals surface area contributed by atoms with Gasteiger partial charge < -0.3 is 14.5 Å². The van der Waals surface area contributed by atoms with Gasteiger partial charge in [0.25, 0.3) is 5.91 Å². The van der Waals surface area contributed by atoms with Gasteiger partial charge in [-0.05, 0) is 32.0 Å². The topological polar surface area (TPSA) is 81.4 Å². The predicted octanol–water partition coefficient (Wildman–Crippen LogP) is 3.97. The zero-order chi connectivity index (χ0) is 18.0. The Bertz CT molecular complexity index is 934. The monoisotopic (exact) mass is 358 g/mol. The number of anilines is 1. The van der Waals surface area contributed by atoms with Crippen molar-refractivity contribution in [2.24, 2.45) is 0 Å². The van der Waals surface area contributed by atoms with Gasteiger partial charge in [-0.25, -0.2) is 9.78 Å². The van der Waals surface area contributed by atoms with Crippen LogP contribution in [0.3, 0.4) is 0 Å². The smallest absolute Gasteiger partial charge is 0.375 e. The van der Waals surface area contributed by atoms with Gasteiger partial charge in [0.1, 0.15) is 11.4 Å². The summed E-state index contributed by atoms with van der Waals surface area (Å²) in [6, 6.07) is 10.4. The Morgan fingerprint density at radius 1 is 1.24 bits per heavy atom. The average molecular weight is 359 g/mol. The molecule has 1 atom stereocenters. The minimum Gasteiger partial charge on any atom is -0.449 e. The van der Waals surface area contributed by atoms with E-state index in [1.807, 2.05) is 18.2 Å². The van der Waals surface area contributed by atoms with Crippen molar-refractivity contribution in [3.05, 3.63) is 58.9 Å². The average Bonchev–Trinajstić information content (AvgIpc) is 2.94. The number of carbonyl (C=O) groups excluding carboxylic acids is 2. The third-order valence-corrected chi connectivity index (χ3v) is 3.88. The second-order valence-corrected chi connectivity index (χ2v) is 5.89. The minimum atomic E-state index is -1.02. The normalized spacial score (nSPS) is 12.0. The molecule has 3 aromatic rings. The minimum absolute atomic E-state index is 0.0884. The van der Waals surface area contributed by atoms with Crippen molar-refractivity contribution >= 4 is 40.3 Å². The standard InChI is InChI=1S/C18H15ClN2O4/c1-10-13-5-3-4-6-14(13)25-16(10)18(23)24-11(2)17(22)21-15-8-7-12(19)9-20-15/h3-9,11H,1-2H3,(H,20,21,22)/t11-/m1/s1. The molecule has 0 aliphatic rings. The number of hydrogen-bond donors (Lipinski definition) is 1. The zero-order valence-electron chi connectivity index (χ0n) is 13.6. The molecule has 0 unspecified atom stereocenters. The molecule has 1 amide bonds. The van der Waals surface area contributed by atoms with Crippen LogP contribution in [0.4, 0.5) is 5.82 Å². The molecular formula is C18H15ClN2O4. The summed E-state index contributed by atoms with van der Waals surface area (Å²) in [5.41, 5.74) is 1.27. The highest BCUT2D eigenvalue weighted by atomic mass is 35.5. The van der Waals surface area contributed by atoms with Crippen LogP contribution < -0.4 is 5.32 Å². The van der Waals surface area contributed by atoms with E-state index in [-0.39, 0.29) is 5.76 Å². The van der Waals surface area contributed by atoms with E-state index in [2.05, 4.69) is 10.3 Å². The lowest BCUT2D eigenvalue weighted by molar-refractivity contribution is -0.123. The van der Waals surface area contributed by atoms with Crippen molar-refractivity contribution in [1.29, 1.82) is 0 Å². The Kier molecular flexibility index (Phi) is 4.72. The Labute approximate surface area is 148 Å². The highest BCUT2D eigenvalue weighted by Crippen LogP contribution is 2.25. The summed E-state index contributed by atoms with van der Waals surface area (Å²) in [6.45, 7) is 3.24. The fourth-order valence-electron chi connectivity index (χ4n) is 2.31. The van der Waals surface area contributed by atoms with Crippen LogP contribution >= 0.6 is 11.6 Å². The Hall–Kier alpha value is -2.86. The molecule has 0 bridgehead atoms. The SMILES string of the molecule is Cc1c(C(=O)O[C@H](C)C(=O)Nc2ccc(Cl)cn2)oc2ccccc12. The van der Waals surface area contributed by atoms with E-state index < -0.39 is 18.0 Å². The number of aromatic nitrogens is 1. The number of para-hydroxylation sites is 1. The van der Waals surface area contributed by atoms with E-state index in [4.69, 9.17) is 20.8 Å². The summed E-state index contributed by atoms with van der Waals surface area (Å²) >= 11 is 5.74. The van der Waals surface area contributed by atoms with E-state index in [0.29, 0.717) is 22.0 Å². The van der Waals surface area contributed by atoms with Gasteiger partial charge in [-0.15, -0.1) is 0 Å². The highest BCUT2D eigenvalue weighted by molar-refractivity contribution is 6.30. The van der Waals surface area contributed by atoms with Gasteiger partial charge in [-0.3, -0.25) is 4.79 Å². The molecule has 1 N–H and O–H groups in total. The molecule has 7 heteroatoms. The number of amides is 1. The van der Waals surface area contributed by atoms with Crippen molar-refractivity contribution < 1.29 is 18.7 Å². The van der Waals surface area contributed by atoms with Gasteiger partial charge >= 0.3 is 5.97 Å². The van der Waals surface area contributed by atoms with Gasteiger partial charge in [-0.2, -0.15) is 0 Å². The number of furan rings is 1. The number of esters is 1. The van der Waals surface area contributed by atoms with Crippen molar-refractivity contribution in [3.63, 3.8) is 0 Å². The van der Waals surface area contributed by atoms with E-state index in [1.54, 1.807) is 25.1 Å². The van der Waals surface area contributed by atoms with Crippen LogP contribution in [-0.4, -0.2) is 23.0 Å². The molecule has 0 saturated carbocycles. The third kappa shape index (κ3) is 3.64. The number of nitrogens with one attached hydrogen (secondary N) is 1. The maximum Gasteiger partial charge on any atom is 0.375 e. The fraction of sp³-hybridized carbons (Fsp3) is 0.167. The molecule has 0 saturated heterocycles. The first-order chi connectivity index (χ1) is 12.0. The number of halogens is 1. The molecule has 0 radical (unpaired) electrons. The van der Waals surface area contributed by atoms with Gasteiger partial charge in [0.15, 0.2) is 6.10 Å². The molecule has 6 nitrogen and oxygen atoms in total. The zero-order valence-corrected chi connectivity index (χ0v) is 14.3. The van der Waals surface area contributed by atoms with Gasteiger partial charge in [0, 0.05) is 17.1 Å². The number of hydrogen-bond acceptors (Lipinski definition) is 5. The molecule has 3 rings (SSSR count). The highest BCUT2D eigenvalue weighted by Gasteiger charge is 2.24. The first kappa shape index (κ1) is 17.0. The van der Waals surface area contributed by atoms with E-state index in [1.165, 1.54) is 13.1 Å². The van der Waals surface area contributed by atoms with Crippen molar-refractivity contribution in [3.8, 4) is 0 Å². The number of rotatable bonds is 4. The first-order valence-electron chi connectivity index (χ1n) is 7.57. The molecule has 128 valence electrons. The number of pyridine rings is 1.